The standard InChI is InChI=1S/C24H29N5O6/c1-6-28(16(2)30)19-9-7-8-18(12-19)24(33-10-11-34-24)13-20(31)27-21-17(14-25)15-26-29(21)22(32)35-23(3,4)5/h7-9,12,15H,6,10-11,13H2,1-5H3,(H,27,31). The summed E-state index contributed by atoms with van der Waals surface area (Å²) in [6, 6.07) is 8.95. The van der Waals surface area contributed by atoms with Gasteiger partial charge in [0.1, 0.15) is 17.2 Å². The SMILES string of the molecule is CCN(C(C)=O)c1cccc(C2(CC(=O)Nc3c(C#N)cnn3C(=O)OC(C)(C)C)OCCO2)c1. The maximum absolute atomic E-state index is 13.1. The number of amides is 2. The molecule has 1 aromatic carbocycles. The first-order valence-corrected chi connectivity index (χ1v) is 11.2. The summed E-state index contributed by atoms with van der Waals surface area (Å²) >= 11 is 0. The number of nitrogens with one attached hydrogen (secondary N) is 1. The van der Waals surface area contributed by atoms with Crippen molar-refractivity contribution in [1.29, 1.82) is 5.26 Å². The molecule has 1 saturated heterocycles. The Bertz CT molecular complexity index is 1150. The van der Waals surface area contributed by atoms with E-state index >= 15 is 0 Å². The highest BCUT2D eigenvalue weighted by Crippen LogP contribution is 2.37. The average molecular weight is 484 g/mol. The van der Waals surface area contributed by atoms with E-state index in [2.05, 4.69) is 10.4 Å². The third-order valence-electron chi connectivity index (χ3n) is 5.15. The Balaban J connectivity index is 1.88. The molecule has 0 radical (unpaired) electrons. The second-order valence-electron chi connectivity index (χ2n) is 8.90. The highest BCUT2D eigenvalue weighted by atomic mass is 16.7. The summed E-state index contributed by atoms with van der Waals surface area (Å²) in [5.41, 5.74) is 0.396. The van der Waals surface area contributed by atoms with Crippen LogP contribution in [0.2, 0.25) is 0 Å². The number of aromatic nitrogens is 2. The first-order valence-electron chi connectivity index (χ1n) is 11.2. The molecule has 11 nitrogen and oxygen atoms in total. The Labute approximate surface area is 203 Å². The summed E-state index contributed by atoms with van der Waals surface area (Å²) < 4.78 is 17.9. The van der Waals surface area contributed by atoms with Crippen LogP contribution in [0, 0.1) is 11.3 Å². The van der Waals surface area contributed by atoms with E-state index in [1.165, 1.54) is 13.1 Å². The molecule has 2 amide bonds. The van der Waals surface area contributed by atoms with E-state index in [1.807, 2.05) is 13.0 Å². The van der Waals surface area contributed by atoms with Gasteiger partial charge < -0.3 is 24.4 Å². The lowest BCUT2D eigenvalue weighted by atomic mass is 10.0. The molecule has 1 aliphatic heterocycles. The predicted octanol–water partition coefficient (Wildman–Crippen LogP) is 3.14. The van der Waals surface area contributed by atoms with Crippen molar-refractivity contribution < 1.29 is 28.6 Å². The number of carbonyl (C=O) groups excluding carboxylic acids is 3. The minimum absolute atomic E-state index is 0.00596. The lowest BCUT2D eigenvalue weighted by molar-refractivity contribution is -0.174. The number of benzene rings is 1. The number of rotatable bonds is 6. The maximum atomic E-state index is 13.1. The van der Waals surface area contributed by atoms with Gasteiger partial charge in [-0.15, -0.1) is 4.68 Å². The molecular weight excluding hydrogens is 454 g/mol. The van der Waals surface area contributed by atoms with Crippen molar-refractivity contribution in [3.8, 4) is 6.07 Å². The van der Waals surface area contributed by atoms with Gasteiger partial charge in [-0.2, -0.15) is 10.4 Å². The van der Waals surface area contributed by atoms with Gasteiger partial charge in [-0.3, -0.25) is 9.59 Å². The van der Waals surface area contributed by atoms with Gasteiger partial charge in [-0.25, -0.2) is 4.79 Å². The van der Waals surface area contributed by atoms with E-state index in [1.54, 1.807) is 49.9 Å². The number of nitrogens with zero attached hydrogens (tertiary/aromatic N) is 4. The Morgan fingerprint density at radius 1 is 1.29 bits per heavy atom. The first-order chi connectivity index (χ1) is 16.5. The van der Waals surface area contributed by atoms with Crippen molar-refractivity contribution in [2.24, 2.45) is 0 Å². The number of hydrogen-bond acceptors (Lipinski definition) is 8. The van der Waals surface area contributed by atoms with E-state index in [-0.39, 0.29) is 36.9 Å². The summed E-state index contributed by atoms with van der Waals surface area (Å²) in [4.78, 5) is 39.3. The van der Waals surface area contributed by atoms with Crippen LogP contribution in [0.15, 0.2) is 30.5 Å². The molecule has 11 heteroatoms. The van der Waals surface area contributed by atoms with Gasteiger partial charge in [0.2, 0.25) is 17.6 Å². The maximum Gasteiger partial charge on any atom is 0.437 e. The molecule has 1 N–H and O–H groups in total. The van der Waals surface area contributed by atoms with Crippen molar-refractivity contribution in [3.63, 3.8) is 0 Å². The topological polar surface area (TPSA) is 136 Å². The highest BCUT2D eigenvalue weighted by Gasteiger charge is 2.41. The number of hydrogen-bond donors (Lipinski definition) is 1. The second-order valence-corrected chi connectivity index (χ2v) is 8.90. The normalized spacial score (nSPS) is 14.7. The van der Waals surface area contributed by atoms with Crippen LogP contribution in [0.1, 0.15) is 52.2 Å². The zero-order chi connectivity index (χ0) is 25.8. The molecule has 0 spiro atoms. The molecule has 0 saturated carbocycles. The predicted molar refractivity (Wildman–Crippen MR) is 126 cm³/mol. The Kier molecular flexibility index (Phi) is 7.57. The van der Waals surface area contributed by atoms with Crippen molar-refractivity contribution in [3.05, 3.63) is 41.6 Å². The van der Waals surface area contributed by atoms with E-state index in [0.717, 1.165) is 4.68 Å². The van der Waals surface area contributed by atoms with Crippen molar-refractivity contribution >= 4 is 29.4 Å². The molecule has 1 aliphatic rings. The number of carbonyl (C=O) groups is 3. The van der Waals surface area contributed by atoms with Crippen LogP contribution < -0.4 is 10.2 Å². The van der Waals surface area contributed by atoms with Crippen LogP contribution in [-0.2, 0) is 29.6 Å². The van der Waals surface area contributed by atoms with Crippen molar-refractivity contribution in [2.75, 3.05) is 30.0 Å². The summed E-state index contributed by atoms with van der Waals surface area (Å²) in [7, 11) is 0. The highest BCUT2D eigenvalue weighted by molar-refractivity contribution is 5.94. The summed E-state index contributed by atoms with van der Waals surface area (Å²) in [5, 5.41) is 15.9. The number of anilines is 2. The molecule has 2 heterocycles. The molecule has 186 valence electrons. The fourth-order valence-corrected chi connectivity index (χ4v) is 3.71. The molecular formula is C24H29N5O6. The number of nitriles is 1. The zero-order valence-electron chi connectivity index (χ0n) is 20.5. The van der Waals surface area contributed by atoms with Crippen LogP contribution in [0.5, 0.6) is 0 Å². The fourth-order valence-electron chi connectivity index (χ4n) is 3.71. The summed E-state index contributed by atoms with van der Waals surface area (Å²) in [6.07, 6.45) is 0.0594. The van der Waals surface area contributed by atoms with Crippen LogP contribution in [-0.4, -0.2) is 53.0 Å². The lowest BCUT2D eigenvalue weighted by Gasteiger charge is -2.29. The van der Waals surface area contributed by atoms with Crippen LogP contribution >= 0.6 is 0 Å². The Morgan fingerprint density at radius 2 is 1.97 bits per heavy atom. The molecule has 0 aliphatic carbocycles. The van der Waals surface area contributed by atoms with Crippen LogP contribution in [0.25, 0.3) is 0 Å². The van der Waals surface area contributed by atoms with Gasteiger partial charge in [0.05, 0.1) is 25.8 Å². The lowest BCUT2D eigenvalue weighted by Crippen LogP contribution is -2.35. The van der Waals surface area contributed by atoms with E-state index < -0.39 is 23.4 Å². The van der Waals surface area contributed by atoms with Crippen molar-refractivity contribution in [1.82, 2.24) is 9.78 Å². The van der Waals surface area contributed by atoms with Gasteiger partial charge in [0, 0.05) is 24.7 Å². The third-order valence-corrected chi connectivity index (χ3v) is 5.15. The molecule has 1 fully saturated rings. The van der Waals surface area contributed by atoms with Crippen LogP contribution in [0.4, 0.5) is 16.3 Å². The van der Waals surface area contributed by atoms with Gasteiger partial charge in [0.25, 0.3) is 0 Å². The largest absolute Gasteiger partial charge is 0.442 e. The van der Waals surface area contributed by atoms with Gasteiger partial charge in [-0.1, -0.05) is 12.1 Å². The smallest absolute Gasteiger partial charge is 0.437 e. The summed E-state index contributed by atoms with van der Waals surface area (Å²) in [6.45, 7) is 9.41. The third kappa shape index (κ3) is 5.85. The van der Waals surface area contributed by atoms with Crippen LogP contribution in [0.3, 0.4) is 0 Å². The average Bonchev–Trinajstić information content (AvgIpc) is 3.40. The molecule has 35 heavy (non-hydrogen) atoms. The molecule has 2 aromatic rings. The van der Waals surface area contributed by atoms with Gasteiger partial charge in [0.15, 0.2) is 5.82 Å². The minimum Gasteiger partial charge on any atom is -0.442 e. The van der Waals surface area contributed by atoms with Crippen molar-refractivity contribution in [2.45, 2.75) is 52.4 Å². The summed E-state index contributed by atoms with van der Waals surface area (Å²) in [5.74, 6) is -2.20. The quantitative estimate of drug-likeness (QED) is 0.662. The zero-order valence-corrected chi connectivity index (χ0v) is 20.5. The monoisotopic (exact) mass is 483 g/mol. The van der Waals surface area contributed by atoms with Gasteiger partial charge >= 0.3 is 6.09 Å². The van der Waals surface area contributed by atoms with Gasteiger partial charge in [-0.05, 0) is 39.8 Å². The molecule has 1 aromatic heterocycles. The van der Waals surface area contributed by atoms with E-state index in [4.69, 9.17) is 14.2 Å². The molecule has 0 bridgehead atoms. The second kappa shape index (κ2) is 10.2. The molecule has 3 rings (SSSR count). The van der Waals surface area contributed by atoms with E-state index in [9.17, 15) is 19.6 Å². The molecule has 0 unspecified atom stereocenters. The minimum atomic E-state index is -1.40. The first kappa shape index (κ1) is 25.9. The Morgan fingerprint density at radius 3 is 2.54 bits per heavy atom. The van der Waals surface area contributed by atoms with E-state index in [0.29, 0.717) is 17.8 Å². The molecule has 0 atom stereocenters. The fraction of sp³-hybridized carbons (Fsp3) is 0.458. The number of ether oxygens (including phenoxy) is 3. The Hall–Kier alpha value is -3.75.